The van der Waals surface area contributed by atoms with Crippen molar-refractivity contribution in [1.82, 2.24) is 5.32 Å². The third-order valence-electron chi connectivity index (χ3n) is 3.35. The van der Waals surface area contributed by atoms with Crippen LogP contribution in [0.1, 0.15) is 5.56 Å². The average molecular weight is 394 g/mol. The molecule has 10 heteroatoms. The van der Waals surface area contributed by atoms with Gasteiger partial charge in [0.1, 0.15) is 0 Å². The van der Waals surface area contributed by atoms with Crippen LogP contribution in [0.2, 0.25) is 0 Å². The largest absolute Gasteiger partial charge is 0.416 e. The molecule has 2 amide bonds. The van der Waals surface area contributed by atoms with E-state index in [4.69, 9.17) is 0 Å². The molecule has 0 radical (unpaired) electrons. The Labute approximate surface area is 151 Å². The van der Waals surface area contributed by atoms with Crippen LogP contribution in [0.3, 0.4) is 0 Å². The van der Waals surface area contributed by atoms with Gasteiger partial charge in [-0.1, -0.05) is 6.07 Å². The summed E-state index contributed by atoms with van der Waals surface area (Å²) in [5, 5.41) is 14.8. The number of carbonyl (C=O) groups is 2. The van der Waals surface area contributed by atoms with E-state index < -0.39 is 29.2 Å². The van der Waals surface area contributed by atoms with Gasteiger partial charge in [0.25, 0.3) is 0 Å². The predicted octanol–water partition coefficient (Wildman–Crippen LogP) is 1.97. The SMILES string of the molecule is O=C(NCC1(O)CSCCSC1)C(=O)Nc1cccc(C(F)(F)F)c1. The smallest absolute Gasteiger partial charge is 0.386 e. The maximum atomic E-state index is 12.6. The quantitative estimate of drug-likeness (QED) is 0.684. The highest BCUT2D eigenvalue weighted by molar-refractivity contribution is 8.03. The highest BCUT2D eigenvalue weighted by Crippen LogP contribution is 2.30. The summed E-state index contributed by atoms with van der Waals surface area (Å²) in [7, 11) is 0. The molecule has 0 spiro atoms. The van der Waals surface area contributed by atoms with E-state index in [9.17, 15) is 27.9 Å². The van der Waals surface area contributed by atoms with Gasteiger partial charge in [-0.3, -0.25) is 9.59 Å². The molecule has 1 saturated heterocycles. The van der Waals surface area contributed by atoms with Crippen LogP contribution in [0.15, 0.2) is 24.3 Å². The van der Waals surface area contributed by atoms with Crippen LogP contribution in [0.25, 0.3) is 0 Å². The fourth-order valence-electron chi connectivity index (χ4n) is 2.07. The molecule has 1 aliphatic rings. The van der Waals surface area contributed by atoms with Crippen molar-refractivity contribution in [2.24, 2.45) is 0 Å². The minimum atomic E-state index is -4.54. The predicted molar refractivity (Wildman–Crippen MR) is 92.7 cm³/mol. The number of benzene rings is 1. The first-order chi connectivity index (χ1) is 11.7. The number of anilines is 1. The Balaban J connectivity index is 1.91. The van der Waals surface area contributed by atoms with Crippen molar-refractivity contribution in [3.8, 4) is 0 Å². The Hall–Kier alpha value is -1.39. The zero-order valence-corrected chi connectivity index (χ0v) is 14.7. The molecule has 138 valence electrons. The van der Waals surface area contributed by atoms with Crippen LogP contribution >= 0.6 is 23.5 Å². The number of alkyl halides is 3. The molecule has 0 atom stereocenters. The molecule has 1 aliphatic heterocycles. The fourth-order valence-corrected chi connectivity index (χ4v) is 4.60. The Morgan fingerprint density at radius 2 is 1.80 bits per heavy atom. The standard InChI is InChI=1S/C15H17F3N2O3S2/c16-15(17,18)10-2-1-3-11(6-10)20-13(22)12(21)19-7-14(23)8-24-4-5-25-9-14/h1-3,6,23H,4-5,7-9H2,(H,19,21)(H,20,22). The number of nitrogens with one attached hydrogen (secondary N) is 2. The number of hydrogen-bond donors (Lipinski definition) is 3. The fraction of sp³-hybridized carbons (Fsp3) is 0.467. The molecule has 0 unspecified atom stereocenters. The summed E-state index contributed by atoms with van der Waals surface area (Å²) in [5.41, 5.74) is -2.17. The Bertz CT molecular complexity index is 633. The monoisotopic (exact) mass is 394 g/mol. The number of thioether (sulfide) groups is 2. The number of carbonyl (C=O) groups excluding carboxylic acids is 2. The molecular weight excluding hydrogens is 377 g/mol. The zero-order chi connectivity index (χ0) is 18.5. The minimum absolute atomic E-state index is 0.0954. The van der Waals surface area contributed by atoms with E-state index in [0.29, 0.717) is 11.5 Å². The maximum Gasteiger partial charge on any atom is 0.416 e. The van der Waals surface area contributed by atoms with Crippen molar-refractivity contribution < 1.29 is 27.9 Å². The van der Waals surface area contributed by atoms with Gasteiger partial charge in [-0.2, -0.15) is 36.7 Å². The number of amides is 2. The molecule has 5 nitrogen and oxygen atoms in total. The lowest BCUT2D eigenvalue weighted by Gasteiger charge is -2.25. The summed E-state index contributed by atoms with van der Waals surface area (Å²) in [5.74, 6) is 0.584. The van der Waals surface area contributed by atoms with Gasteiger partial charge in [-0.05, 0) is 18.2 Å². The van der Waals surface area contributed by atoms with Gasteiger partial charge >= 0.3 is 18.0 Å². The van der Waals surface area contributed by atoms with Gasteiger partial charge in [0.2, 0.25) is 0 Å². The number of aliphatic hydroxyl groups is 1. The first-order valence-corrected chi connectivity index (χ1v) is 9.65. The third kappa shape index (κ3) is 6.12. The van der Waals surface area contributed by atoms with Gasteiger partial charge < -0.3 is 15.7 Å². The molecule has 0 aromatic heterocycles. The molecule has 1 fully saturated rings. The second kappa shape index (κ2) is 8.33. The second-order valence-electron chi connectivity index (χ2n) is 5.54. The summed E-state index contributed by atoms with van der Waals surface area (Å²) in [6, 6.07) is 4.01. The van der Waals surface area contributed by atoms with Gasteiger partial charge in [-0.25, -0.2) is 0 Å². The highest BCUT2D eigenvalue weighted by atomic mass is 32.2. The van der Waals surface area contributed by atoms with E-state index in [0.717, 1.165) is 29.7 Å². The molecule has 2 rings (SSSR count). The van der Waals surface area contributed by atoms with E-state index in [1.165, 1.54) is 6.07 Å². The summed E-state index contributed by atoms with van der Waals surface area (Å²) in [4.78, 5) is 23.7. The number of rotatable bonds is 3. The Morgan fingerprint density at radius 3 is 2.40 bits per heavy atom. The molecular formula is C15H17F3N2O3S2. The van der Waals surface area contributed by atoms with Crippen LogP contribution in [0, 0.1) is 0 Å². The topological polar surface area (TPSA) is 78.4 Å². The van der Waals surface area contributed by atoms with E-state index in [-0.39, 0.29) is 12.2 Å². The molecule has 3 N–H and O–H groups in total. The van der Waals surface area contributed by atoms with E-state index in [1.807, 2.05) is 0 Å². The highest BCUT2D eigenvalue weighted by Gasteiger charge is 2.32. The molecule has 1 heterocycles. The summed E-state index contributed by atoms with van der Waals surface area (Å²) in [6.45, 7) is -0.0954. The maximum absolute atomic E-state index is 12.6. The first kappa shape index (κ1) is 19.9. The lowest BCUT2D eigenvalue weighted by atomic mass is 10.1. The number of hydrogen-bond acceptors (Lipinski definition) is 5. The summed E-state index contributed by atoms with van der Waals surface area (Å²) < 4.78 is 37.9. The van der Waals surface area contributed by atoms with Crippen LogP contribution in [0.5, 0.6) is 0 Å². The average Bonchev–Trinajstić information content (AvgIpc) is 2.77. The van der Waals surface area contributed by atoms with Crippen LogP contribution in [-0.2, 0) is 15.8 Å². The lowest BCUT2D eigenvalue weighted by Crippen LogP contribution is -2.49. The minimum Gasteiger partial charge on any atom is -0.386 e. The van der Waals surface area contributed by atoms with E-state index in [1.54, 1.807) is 23.5 Å². The van der Waals surface area contributed by atoms with Crippen molar-refractivity contribution in [2.75, 3.05) is 34.9 Å². The van der Waals surface area contributed by atoms with Crippen molar-refractivity contribution >= 4 is 41.0 Å². The first-order valence-electron chi connectivity index (χ1n) is 7.34. The number of halogens is 3. The zero-order valence-electron chi connectivity index (χ0n) is 13.1. The Morgan fingerprint density at radius 1 is 1.16 bits per heavy atom. The van der Waals surface area contributed by atoms with Crippen molar-refractivity contribution in [3.05, 3.63) is 29.8 Å². The van der Waals surface area contributed by atoms with Gasteiger partial charge in [0.05, 0.1) is 11.2 Å². The van der Waals surface area contributed by atoms with Crippen molar-refractivity contribution in [1.29, 1.82) is 0 Å². The Kier molecular flexibility index (Phi) is 6.64. The van der Waals surface area contributed by atoms with E-state index >= 15 is 0 Å². The summed E-state index contributed by atoms with van der Waals surface area (Å²) in [6.07, 6.45) is -4.54. The van der Waals surface area contributed by atoms with Gasteiger partial charge in [-0.15, -0.1) is 0 Å². The van der Waals surface area contributed by atoms with Crippen LogP contribution in [-0.4, -0.2) is 52.1 Å². The van der Waals surface area contributed by atoms with Gasteiger partial charge in [0, 0.05) is 35.2 Å². The molecule has 1 aromatic rings. The van der Waals surface area contributed by atoms with Gasteiger partial charge in [0.15, 0.2) is 0 Å². The normalized spacial score (nSPS) is 17.4. The molecule has 1 aromatic carbocycles. The second-order valence-corrected chi connectivity index (χ2v) is 7.76. The van der Waals surface area contributed by atoms with Crippen LogP contribution < -0.4 is 10.6 Å². The van der Waals surface area contributed by atoms with Crippen LogP contribution in [0.4, 0.5) is 18.9 Å². The molecule has 25 heavy (non-hydrogen) atoms. The molecule has 0 aliphatic carbocycles. The lowest BCUT2D eigenvalue weighted by molar-refractivity contribution is -0.137. The van der Waals surface area contributed by atoms with E-state index in [2.05, 4.69) is 10.6 Å². The molecule has 0 bridgehead atoms. The van der Waals surface area contributed by atoms with Crippen molar-refractivity contribution in [2.45, 2.75) is 11.8 Å². The van der Waals surface area contributed by atoms with Crippen molar-refractivity contribution in [3.63, 3.8) is 0 Å². The third-order valence-corrected chi connectivity index (χ3v) is 6.07. The molecule has 0 saturated carbocycles. The summed E-state index contributed by atoms with van der Waals surface area (Å²) >= 11 is 3.12.